The second-order valence-electron chi connectivity index (χ2n) is 13.2. The van der Waals surface area contributed by atoms with Crippen LogP contribution in [0.3, 0.4) is 0 Å². The highest BCUT2D eigenvalue weighted by atomic mass is 14.4. The van der Waals surface area contributed by atoms with E-state index in [9.17, 15) is 0 Å². The van der Waals surface area contributed by atoms with Crippen LogP contribution < -0.4 is 0 Å². The van der Waals surface area contributed by atoms with Crippen molar-refractivity contribution >= 4 is 0 Å². The third kappa shape index (κ3) is 8.34. The Morgan fingerprint density at radius 2 is 1.28 bits per heavy atom. The quantitative estimate of drug-likeness (QED) is 0.250. The summed E-state index contributed by atoms with van der Waals surface area (Å²) >= 11 is 0. The molecule has 3 fully saturated rings. The lowest BCUT2D eigenvalue weighted by Crippen LogP contribution is -2.34. The van der Waals surface area contributed by atoms with Gasteiger partial charge in [0.1, 0.15) is 0 Å². The molecule has 0 aromatic heterocycles. The van der Waals surface area contributed by atoms with Crippen LogP contribution in [-0.4, -0.2) is 0 Å². The lowest BCUT2D eigenvalue weighted by atomic mass is 9.62. The average molecular weight is 445 g/mol. The van der Waals surface area contributed by atoms with Gasteiger partial charge >= 0.3 is 0 Å². The fraction of sp³-hybridized carbons (Fsp3) is 1.00. The fourth-order valence-electron chi connectivity index (χ4n) is 8.17. The second-order valence-corrected chi connectivity index (χ2v) is 13.2. The van der Waals surface area contributed by atoms with Crippen molar-refractivity contribution in [3.8, 4) is 0 Å². The van der Waals surface area contributed by atoms with E-state index in [1.807, 2.05) is 0 Å². The van der Waals surface area contributed by atoms with E-state index in [1.54, 1.807) is 38.5 Å². The van der Waals surface area contributed by atoms with Crippen molar-refractivity contribution in [2.45, 2.75) is 150 Å². The van der Waals surface area contributed by atoms with Crippen molar-refractivity contribution in [1.29, 1.82) is 0 Å². The molecule has 0 nitrogen and oxygen atoms in total. The topological polar surface area (TPSA) is 0 Å². The summed E-state index contributed by atoms with van der Waals surface area (Å²) in [4.78, 5) is 0. The van der Waals surface area contributed by atoms with Gasteiger partial charge in [0.2, 0.25) is 0 Å². The van der Waals surface area contributed by atoms with Crippen molar-refractivity contribution < 1.29 is 0 Å². The van der Waals surface area contributed by atoms with Crippen LogP contribution in [0.2, 0.25) is 0 Å². The molecule has 0 heterocycles. The Hall–Kier alpha value is 0. The van der Waals surface area contributed by atoms with E-state index in [1.165, 1.54) is 77.0 Å². The fourth-order valence-corrected chi connectivity index (χ4v) is 8.17. The molecule has 0 aromatic carbocycles. The minimum atomic E-state index is 0.960. The van der Waals surface area contributed by atoms with Crippen molar-refractivity contribution in [2.24, 2.45) is 53.3 Å². The maximum atomic E-state index is 2.62. The number of hydrogen-bond acceptors (Lipinski definition) is 0. The van der Waals surface area contributed by atoms with Crippen LogP contribution in [0.4, 0.5) is 0 Å². The van der Waals surface area contributed by atoms with Gasteiger partial charge in [-0.15, -0.1) is 0 Å². The predicted molar refractivity (Wildman–Crippen MR) is 143 cm³/mol. The standard InChI is InChI=1S/C32H60/c1-6-9-26-17-19-28(20-18-26)22-29-14-12-25(5)32(23-29)31(8-3)30(7-2)21-11-24(4)10-13-27-15-16-27/h24-32H,6-23H2,1-5H3. The van der Waals surface area contributed by atoms with Crippen LogP contribution in [0.15, 0.2) is 0 Å². The molecular formula is C32H60. The summed E-state index contributed by atoms with van der Waals surface area (Å²) in [6.45, 7) is 12.6. The monoisotopic (exact) mass is 444 g/mol. The van der Waals surface area contributed by atoms with Crippen molar-refractivity contribution in [3.63, 3.8) is 0 Å². The van der Waals surface area contributed by atoms with E-state index >= 15 is 0 Å². The first-order valence-corrected chi connectivity index (χ1v) is 15.5. The molecule has 3 aliphatic carbocycles. The molecule has 6 unspecified atom stereocenters. The first-order chi connectivity index (χ1) is 15.5. The third-order valence-electron chi connectivity index (χ3n) is 10.6. The summed E-state index contributed by atoms with van der Waals surface area (Å²) in [6, 6.07) is 0. The summed E-state index contributed by atoms with van der Waals surface area (Å²) in [5, 5.41) is 0. The third-order valence-corrected chi connectivity index (χ3v) is 10.6. The molecule has 3 aliphatic rings. The van der Waals surface area contributed by atoms with Crippen LogP contribution in [-0.2, 0) is 0 Å². The van der Waals surface area contributed by atoms with Gasteiger partial charge < -0.3 is 0 Å². The zero-order chi connectivity index (χ0) is 22.9. The number of hydrogen-bond donors (Lipinski definition) is 0. The van der Waals surface area contributed by atoms with E-state index in [0.717, 1.165) is 53.3 Å². The highest BCUT2D eigenvalue weighted by molar-refractivity contribution is 4.87. The van der Waals surface area contributed by atoms with Gasteiger partial charge in [-0.3, -0.25) is 0 Å². The summed E-state index contributed by atoms with van der Waals surface area (Å²) in [5.41, 5.74) is 0. The molecule has 0 saturated heterocycles. The van der Waals surface area contributed by atoms with Crippen molar-refractivity contribution in [1.82, 2.24) is 0 Å². The SMILES string of the molecule is CCCC1CCC(CC2CCC(C)C(C(CC)C(CC)CCC(C)CCC3CC3)C2)CC1. The average Bonchev–Trinajstić information content (AvgIpc) is 3.63. The Bertz CT molecular complexity index is 482. The van der Waals surface area contributed by atoms with Gasteiger partial charge in [0.05, 0.1) is 0 Å². The van der Waals surface area contributed by atoms with Crippen LogP contribution >= 0.6 is 0 Å². The second kappa shape index (κ2) is 13.8. The molecule has 6 atom stereocenters. The first kappa shape index (κ1) is 26.6. The molecule has 32 heavy (non-hydrogen) atoms. The van der Waals surface area contributed by atoms with Crippen LogP contribution in [0, 0.1) is 53.3 Å². The summed E-state index contributed by atoms with van der Waals surface area (Å²) < 4.78 is 0. The molecule has 0 bridgehead atoms. The maximum absolute atomic E-state index is 2.62. The zero-order valence-corrected chi connectivity index (χ0v) is 22.9. The molecule has 0 heteroatoms. The molecule has 0 N–H and O–H groups in total. The van der Waals surface area contributed by atoms with E-state index in [2.05, 4.69) is 34.6 Å². The minimum Gasteiger partial charge on any atom is -0.0654 e. The van der Waals surface area contributed by atoms with E-state index < -0.39 is 0 Å². The summed E-state index contributed by atoms with van der Waals surface area (Å²) in [5.74, 6) is 9.22. The highest BCUT2D eigenvalue weighted by Gasteiger charge is 2.36. The molecule has 3 rings (SSSR count). The Morgan fingerprint density at radius 3 is 1.91 bits per heavy atom. The van der Waals surface area contributed by atoms with Gasteiger partial charge in [0.25, 0.3) is 0 Å². The van der Waals surface area contributed by atoms with Crippen LogP contribution in [0.5, 0.6) is 0 Å². The van der Waals surface area contributed by atoms with Gasteiger partial charge in [-0.25, -0.2) is 0 Å². The Labute approximate surface area is 203 Å². The van der Waals surface area contributed by atoms with Crippen LogP contribution in [0.25, 0.3) is 0 Å². The molecule has 188 valence electrons. The smallest absolute Gasteiger partial charge is 0.0355 e. The molecule has 0 radical (unpaired) electrons. The molecule has 0 aromatic rings. The highest BCUT2D eigenvalue weighted by Crippen LogP contribution is 2.47. The van der Waals surface area contributed by atoms with E-state index in [-0.39, 0.29) is 0 Å². The van der Waals surface area contributed by atoms with E-state index in [4.69, 9.17) is 0 Å². The Morgan fingerprint density at radius 1 is 0.656 bits per heavy atom. The Kier molecular flexibility index (Phi) is 11.5. The molecule has 0 aliphatic heterocycles. The summed E-state index contributed by atoms with van der Waals surface area (Å²) in [6.07, 6.45) is 27.2. The van der Waals surface area contributed by atoms with Gasteiger partial charge in [-0.05, 0) is 72.5 Å². The molecular weight excluding hydrogens is 384 g/mol. The van der Waals surface area contributed by atoms with Crippen LogP contribution in [0.1, 0.15) is 150 Å². The molecule has 3 saturated carbocycles. The number of rotatable bonds is 14. The first-order valence-electron chi connectivity index (χ1n) is 15.5. The normalized spacial score (nSPS) is 34.2. The van der Waals surface area contributed by atoms with Gasteiger partial charge in [-0.1, -0.05) is 131 Å². The maximum Gasteiger partial charge on any atom is -0.0355 e. The van der Waals surface area contributed by atoms with Gasteiger partial charge in [-0.2, -0.15) is 0 Å². The lowest BCUT2D eigenvalue weighted by Gasteiger charge is -2.43. The van der Waals surface area contributed by atoms with E-state index in [0.29, 0.717) is 0 Å². The van der Waals surface area contributed by atoms with Crippen molar-refractivity contribution in [3.05, 3.63) is 0 Å². The lowest BCUT2D eigenvalue weighted by molar-refractivity contribution is 0.0697. The molecule has 0 spiro atoms. The molecule has 0 amide bonds. The summed E-state index contributed by atoms with van der Waals surface area (Å²) in [7, 11) is 0. The van der Waals surface area contributed by atoms with Crippen molar-refractivity contribution in [2.75, 3.05) is 0 Å². The Balaban J connectivity index is 1.47. The largest absolute Gasteiger partial charge is 0.0654 e. The zero-order valence-electron chi connectivity index (χ0n) is 22.9. The minimum absolute atomic E-state index is 0.960. The van der Waals surface area contributed by atoms with Gasteiger partial charge in [0.15, 0.2) is 0 Å². The van der Waals surface area contributed by atoms with Gasteiger partial charge in [0, 0.05) is 0 Å². The predicted octanol–water partition coefficient (Wildman–Crippen LogP) is 10.7.